The Bertz CT molecular complexity index is 456. The highest BCUT2D eigenvalue weighted by Gasteiger charge is 2.22. The number of rotatable bonds is 22. The average Bonchev–Trinajstić information content (AvgIpc) is 2.73. The molecule has 30 heavy (non-hydrogen) atoms. The van der Waals surface area contributed by atoms with Crippen LogP contribution in [-0.2, 0) is 14.3 Å². The maximum atomic E-state index is 11.9. The van der Waals surface area contributed by atoms with Gasteiger partial charge in [-0.05, 0) is 32.1 Å². The van der Waals surface area contributed by atoms with Gasteiger partial charge in [-0.25, -0.2) is 0 Å². The zero-order valence-corrected chi connectivity index (χ0v) is 19.4. The van der Waals surface area contributed by atoms with Gasteiger partial charge < -0.3 is 9.84 Å². The third-order valence-electron chi connectivity index (χ3n) is 5.41. The fourth-order valence-electron chi connectivity index (χ4n) is 3.59. The second-order valence-corrected chi connectivity index (χ2v) is 8.29. The minimum atomic E-state index is -0.946. The van der Waals surface area contributed by atoms with Crippen LogP contribution in [0.15, 0.2) is 24.8 Å². The maximum absolute atomic E-state index is 11.9. The zero-order valence-electron chi connectivity index (χ0n) is 19.4. The van der Waals surface area contributed by atoms with Crippen LogP contribution in [0.4, 0.5) is 0 Å². The molecule has 0 rings (SSSR count). The fraction of sp³-hybridized carbons (Fsp3) is 0.769. The molecular formula is C26H46O4. The summed E-state index contributed by atoms with van der Waals surface area (Å²) in [4.78, 5) is 22.8. The zero-order chi connectivity index (χ0) is 22.3. The van der Waals surface area contributed by atoms with E-state index in [1.54, 1.807) is 0 Å². The summed E-state index contributed by atoms with van der Waals surface area (Å²) < 4.78 is 5.01. The van der Waals surface area contributed by atoms with E-state index in [-0.39, 0.29) is 13.0 Å². The number of aliphatic carboxylic acids is 1. The summed E-state index contributed by atoms with van der Waals surface area (Å²) >= 11 is 0. The summed E-state index contributed by atoms with van der Waals surface area (Å²) in [6.07, 6.45) is 25.3. The number of unbranched alkanes of at least 4 members (excludes halogenated alkanes) is 13. The van der Waals surface area contributed by atoms with Crippen LogP contribution in [-0.4, -0.2) is 23.7 Å². The van der Waals surface area contributed by atoms with Crippen molar-refractivity contribution in [3.8, 4) is 0 Å². The Morgan fingerprint density at radius 1 is 0.833 bits per heavy atom. The van der Waals surface area contributed by atoms with E-state index in [9.17, 15) is 9.59 Å². The highest BCUT2D eigenvalue weighted by molar-refractivity contribution is 5.79. The summed E-state index contributed by atoms with van der Waals surface area (Å²) in [6, 6.07) is 0. The minimum absolute atomic E-state index is 0.143. The van der Waals surface area contributed by atoms with Gasteiger partial charge in [0.2, 0.25) is 0 Å². The fourth-order valence-corrected chi connectivity index (χ4v) is 3.59. The van der Waals surface area contributed by atoms with Gasteiger partial charge in [0.15, 0.2) is 0 Å². The van der Waals surface area contributed by atoms with Crippen molar-refractivity contribution in [1.82, 2.24) is 0 Å². The first-order valence-electron chi connectivity index (χ1n) is 12.3. The quantitative estimate of drug-likeness (QED) is 0.111. The van der Waals surface area contributed by atoms with Crippen LogP contribution >= 0.6 is 0 Å². The third-order valence-corrected chi connectivity index (χ3v) is 5.41. The predicted molar refractivity (Wildman–Crippen MR) is 126 cm³/mol. The van der Waals surface area contributed by atoms with E-state index in [4.69, 9.17) is 9.84 Å². The number of esters is 1. The minimum Gasteiger partial charge on any atom is -0.481 e. The molecule has 4 heteroatoms. The van der Waals surface area contributed by atoms with Gasteiger partial charge in [-0.15, -0.1) is 0 Å². The second-order valence-electron chi connectivity index (χ2n) is 8.29. The van der Waals surface area contributed by atoms with E-state index < -0.39 is 17.9 Å². The van der Waals surface area contributed by atoms with E-state index >= 15 is 0 Å². The average molecular weight is 423 g/mol. The molecule has 0 heterocycles. The molecule has 0 aromatic heterocycles. The molecule has 0 aliphatic rings. The number of hydrogen-bond donors (Lipinski definition) is 1. The molecule has 174 valence electrons. The van der Waals surface area contributed by atoms with E-state index in [2.05, 4.69) is 25.7 Å². The highest BCUT2D eigenvalue weighted by Crippen LogP contribution is 2.18. The molecule has 0 aromatic carbocycles. The van der Waals surface area contributed by atoms with Crippen molar-refractivity contribution < 1.29 is 19.4 Å². The van der Waals surface area contributed by atoms with Crippen LogP contribution in [0.25, 0.3) is 0 Å². The Morgan fingerprint density at radius 3 is 1.83 bits per heavy atom. The topological polar surface area (TPSA) is 63.6 Å². The molecule has 0 saturated carbocycles. The molecule has 1 N–H and O–H groups in total. The van der Waals surface area contributed by atoms with Crippen molar-refractivity contribution in [1.29, 1.82) is 0 Å². The predicted octanol–water partition coefficient (Wildman–Crippen LogP) is 7.62. The van der Waals surface area contributed by atoms with Crippen LogP contribution in [0.3, 0.4) is 0 Å². The number of carbonyl (C=O) groups is 2. The number of carboxylic acid groups (broad SMARTS) is 1. The van der Waals surface area contributed by atoms with E-state index in [1.807, 2.05) is 0 Å². The van der Waals surface area contributed by atoms with E-state index in [1.165, 1.54) is 83.1 Å². The van der Waals surface area contributed by atoms with Crippen LogP contribution in [0, 0.1) is 5.92 Å². The number of carbonyl (C=O) groups excluding carboxylic acids is 1. The molecule has 0 radical (unpaired) electrons. The Hall–Kier alpha value is -1.58. The Kier molecular flexibility index (Phi) is 20.9. The monoisotopic (exact) mass is 422 g/mol. The number of hydrogen-bond acceptors (Lipinski definition) is 3. The van der Waals surface area contributed by atoms with Gasteiger partial charge in [0.05, 0.1) is 12.3 Å². The first kappa shape index (κ1) is 28.4. The van der Waals surface area contributed by atoms with Gasteiger partial charge >= 0.3 is 11.9 Å². The Morgan fingerprint density at radius 2 is 1.33 bits per heavy atom. The standard InChI is InChI=1S/C26H46O4/c1-3-5-6-7-8-9-10-11-12-13-14-15-16-17-18-19-20-21-24(23-25(27)28)26(29)30-22-4-2/h4,9-10,24H,2-3,5-8,11-23H2,1H3,(H,27,28)/b10-9+. The van der Waals surface area contributed by atoms with Gasteiger partial charge in [-0.1, -0.05) is 102 Å². The lowest BCUT2D eigenvalue weighted by Crippen LogP contribution is -2.21. The number of allylic oxidation sites excluding steroid dienone is 2. The molecule has 1 unspecified atom stereocenters. The normalized spacial score (nSPS) is 12.2. The summed E-state index contributed by atoms with van der Waals surface area (Å²) in [5, 5.41) is 8.97. The molecule has 0 amide bonds. The van der Waals surface area contributed by atoms with Gasteiger partial charge in [0.25, 0.3) is 0 Å². The Labute approximate surface area is 185 Å². The van der Waals surface area contributed by atoms with E-state index in [0.717, 1.165) is 19.3 Å². The highest BCUT2D eigenvalue weighted by atomic mass is 16.5. The molecule has 0 aliphatic heterocycles. The molecule has 0 bridgehead atoms. The van der Waals surface area contributed by atoms with Gasteiger partial charge in [0, 0.05) is 0 Å². The summed E-state index contributed by atoms with van der Waals surface area (Å²) in [6.45, 7) is 5.90. The summed E-state index contributed by atoms with van der Waals surface area (Å²) in [5.74, 6) is -1.89. The maximum Gasteiger partial charge on any atom is 0.309 e. The molecule has 4 nitrogen and oxygen atoms in total. The number of carboxylic acids is 1. The molecule has 0 aliphatic carbocycles. The molecule has 0 spiro atoms. The van der Waals surface area contributed by atoms with Crippen molar-refractivity contribution >= 4 is 11.9 Å². The summed E-state index contributed by atoms with van der Waals surface area (Å²) in [5.41, 5.74) is 0. The first-order chi connectivity index (χ1) is 14.6. The van der Waals surface area contributed by atoms with Crippen molar-refractivity contribution in [2.75, 3.05) is 6.61 Å². The van der Waals surface area contributed by atoms with Crippen LogP contribution in [0.2, 0.25) is 0 Å². The van der Waals surface area contributed by atoms with Crippen LogP contribution in [0.5, 0.6) is 0 Å². The molecule has 0 aromatic rings. The smallest absolute Gasteiger partial charge is 0.309 e. The van der Waals surface area contributed by atoms with Crippen molar-refractivity contribution in [3.05, 3.63) is 24.8 Å². The van der Waals surface area contributed by atoms with Gasteiger partial charge in [-0.3, -0.25) is 9.59 Å². The SMILES string of the molecule is C=CCOC(=O)C(CCCCCCCCCCC/C=C/CCCCCC)CC(=O)O. The lowest BCUT2D eigenvalue weighted by molar-refractivity contribution is -0.152. The molecule has 0 fully saturated rings. The third kappa shape index (κ3) is 19.7. The lowest BCUT2D eigenvalue weighted by Gasteiger charge is -2.13. The van der Waals surface area contributed by atoms with Gasteiger partial charge in [0.1, 0.15) is 6.61 Å². The Balaban J connectivity index is 3.52. The van der Waals surface area contributed by atoms with Crippen molar-refractivity contribution in [2.45, 2.75) is 116 Å². The second kappa shape index (κ2) is 22.1. The first-order valence-corrected chi connectivity index (χ1v) is 12.3. The summed E-state index contributed by atoms with van der Waals surface area (Å²) in [7, 11) is 0. The molecule has 0 saturated heterocycles. The van der Waals surface area contributed by atoms with Gasteiger partial charge in [-0.2, -0.15) is 0 Å². The van der Waals surface area contributed by atoms with E-state index in [0.29, 0.717) is 6.42 Å². The number of ether oxygens (including phenoxy) is 1. The van der Waals surface area contributed by atoms with Crippen molar-refractivity contribution in [3.63, 3.8) is 0 Å². The van der Waals surface area contributed by atoms with Crippen molar-refractivity contribution in [2.24, 2.45) is 5.92 Å². The molecule has 1 atom stereocenters. The van der Waals surface area contributed by atoms with Crippen LogP contribution < -0.4 is 0 Å². The lowest BCUT2D eigenvalue weighted by atomic mass is 9.97. The van der Waals surface area contributed by atoms with Crippen LogP contribution in [0.1, 0.15) is 116 Å². The molecular weight excluding hydrogens is 376 g/mol. The largest absolute Gasteiger partial charge is 0.481 e.